The highest BCUT2D eigenvalue weighted by Gasteiger charge is 2.07. The number of ether oxygens (including phenoxy) is 1. The zero-order valence-corrected chi connectivity index (χ0v) is 12.1. The number of amides is 1. The number of rotatable bonds is 5. The molecule has 5 heteroatoms. The summed E-state index contributed by atoms with van der Waals surface area (Å²) in [6.07, 6.45) is 3.29. The molecule has 1 heterocycles. The maximum Gasteiger partial charge on any atom is 0.251 e. The largest absolute Gasteiger partial charge is 0.619 e. The smallest absolute Gasteiger partial charge is 0.251 e. The van der Waals surface area contributed by atoms with Gasteiger partial charge in [-0.05, 0) is 25.0 Å². The predicted molar refractivity (Wildman–Crippen MR) is 79.2 cm³/mol. The molecule has 21 heavy (non-hydrogen) atoms. The summed E-state index contributed by atoms with van der Waals surface area (Å²) in [5.74, 6) is 0.629. The number of aromatic nitrogens is 1. The van der Waals surface area contributed by atoms with Crippen molar-refractivity contribution < 1.29 is 14.3 Å². The Hall–Kier alpha value is -2.56. The molecular weight excluding hydrogens is 268 g/mol. The van der Waals surface area contributed by atoms with E-state index in [-0.39, 0.29) is 5.91 Å². The molecule has 0 saturated heterocycles. The second kappa shape index (κ2) is 6.74. The fraction of sp³-hybridized carbons (Fsp3) is 0.250. The number of carbonyl (C=O) groups excluding carboxylic acids is 1. The van der Waals surface area contributed by atoms with Crippen molar-refractivity contribution in [2.45, 2.75) is 13.3 Å². The van der Waals surface area contributed by atoms with Gasteiger partial charge >= 0.3 is 0 Å². The van der Waals surface area contributed by atoms with Gasteiger partial charge in [0.1, 0.15) is 5.75 Å². The van der Waals surface area contributed by atoms with E-state index in [1.807, 2.05) is 25.1 Å². The standard InChI is InChI=1S/C16H18N2O3/c1-12-3-4-15(21-2)14(11-12)5-8-17-16(19)13-6-9-18(20)10-7-13/h3-4,6-7,9-11H,5,8H2,1-2H3,(H,17,19). The Morgan fingerprint density at radius 3 is 2.67 bits per heavy atom. The third-order valence-corrected chi connectivity index (χ3v) is 3.18. The maximum absolute atomic E-state index is 11.9. The van der Waals surface area contributed by atoms with Crippen LogP contribution in [-0.2, 0) is 6.42 Å². The molecule has 0 spiro atoms. The van der Waals surface area contributed by atoms with Crippen LogP contribution in [0.25, 0.3) is 0 Å². The van der Waals surface area contributed by atoms with Gasteiger partial charge in [0.05, 0.1) is 12.7 Å². The van der Waals surface area contributed by atoms with E-state index in [4.69, 9.17) is 4.74 Å². The Morgan fingerprint density at radius 2 is 2.00 bits per heavy atom. The Morgan fingerprint density at radius 1 is 1.29 bits per heavy atom. The van der Waals surface area contributed by atoms with Crippen molar-refractivity contribution in [1.29, 1.82) is 0 Å². The molecule has 0 fully saturated rings. The van der Waals surface area contributed by atoms with E-state index in [0.29, 0.717) is 23.3 Å². The predicted octanol–water partition coefficient (Wildman–Crippen LogP) is 1.61. The van der Waals surface area contributed by atoms with Gasteiger partial charge in [0.25, 0.3) is 5.91 Å². The lowest BCUT2D eigenvalue weighted by Crippen LogP contribution is -2.28. The molecule has 0 unspecified atom stereocenters. The first-order chi connectivity index (χ1) is 10.1. The fourth-order valence-electron chi connectivity index (χ4n) is 2.08. The molecule has 0 saturated carbocycles. The van der Waals surface area contributed by atoms with Gasteiger partial charge in [0.15, 0.2) is 12.4 Å². The molecule has 0 aliphatic carbocycles. The second-order valence-corrected chi connectivity index (χ2v) is 4.77. The van der Waals surface area contributed by atoms with Crippen LogP contribution < -0.4 is 14.8 Å². The van der Waals surface area contributed by atoms with Gasteiger partial charge in [-0.15, -0.1) is 0 Å². The molecule has 110 valence electrons. The summed E-state index contributed by atoms with van der Waals surface area (Å²) in [5.41, 5.74) is 2.68. The molecule has 5 nitrogen and oxygen atoms in total. The minimum Gasteiger partial charge on any atom is -0.619 e. The summed E-state index contributed by atoms with van der Waals surface area (Å²) in [6.45, 7) is 2.52. The third kappa shape index (κ3) is 3.95. The summed E-state index contributed by atoms with van der Waals surface area (Å²) in [5, 5.41) is 13.7. The number of hydrogen-bond acceptors (Lipinski definition) is 3. The lowest BCUT2D eigenvalue weighted by molar-refractivity contribution is -0.605. The van der Waals surface area contributed by atoms with Crippen molar-refractivity contribution in [2.24, 2.45) is 0 Å². The van der Waals surface area contributed by atoms with Crippen molar-refractivity contribution in [3.63, 3.8) is 0 Å². The highest BCUT2D eigenvalue weighted by atomic mass is 16.5. The van der Waals surface area contributed by atoms with Crippen LogP contribution in [0.3, 0.4) is 0 Å². The monoisotopic (exact) mass is 286 g/mol. The minimum atomic E-state index is -0.192. The van der Waals surface area contributed by atoms with Crippen molar-refractivity contribution in [3.05, 3.63) is 64.6 Å². The Balaban J connectivity index is 1.93. The zero-order valence-electron chi connectivity index (χ0n) is 12.1. The van der Waals surface area contributed by atoms with Gasteiger partial charge in [-0.1, -0.05) is 17.7 Å². The van der Waals surface area contributed by atoms with Crippen LogP contribution in [0.15, 0.2) is 42.7 Å². The van der Waals surface area contributed by atoms with Gasteiger partial charge in [-0.3, -0.25) is 4.79 Å². The van der Waals surface area contributed by atoms with Crippen LogP contribution in [0.1, 0.15) is 21.5 Å². The number of aryl methyl sites for hydroxylation is 1. The van der Waals surface area contributed by atoms with E-state index in [9.17, 15) is 10.0 Å². The van der Waals surface area contributed by atoms with E-state index in [1.165, 1.54) is 24.5 Å². The van der Waals surface area contributed by atoms with E-state index in [2.05, 4.69) is 5.32 Å². The van der Waals surface area contributed by atoms with Gasteiger partial charge in [0, 0.05) is 18.7 Å². The van der Waals surface area contributed by atoms with Gasteiger partial charge in [-0.2, -0.15) is 4.73 Å². The number of methoxy groups -OCH3 is 1. The molecule has 0 aliphatic rings. The number of benzene rings is 1. The minimum absolute atomic E-state index is 0.192. The number of pyridine rings is 1. The van der Waals surface area contributed by atoms with Crippen LogP contribution in [-0.4, -0.2) is 19.6 Å². The average molecular weight is 286 g/mol. The molecular formula is C16H18N2O3. The summed E-state index contributed by atoms with van der Waals surface area (Å²) >= 11 is 0. The summed E-state index contributed by atoms with van der Waals surface area (Å²) in [6, 6.07) is 8.96. The quantitative estimate of drug-likeness (QED) is 0.671. The topological polar surface area (TPSA) is 65.3 Å². The van der Waals surface area contributed by atoms with Crippen LogP contribution in [0, 0.1) is 12.1 Å². The maximum atomic E-state index is 11.9. The lowest BCUT2D eigenvalue weighted by Gasteiger charge is -2.10. The summed E-state index contributed by atoms with van der Waals surface area (Å²) in [4.78, 5) is 11.9. The van der Waals surface area contributed by atoms with Crippen LogP contribution >= 0.6 is 0 Å². The van der Waals surface area contributed by atoms with Gasteiger partial charge in [-0.25, -0.2) is 0 Å². The summed E-state index contributed by atoms with van der Waals surface area (Å²) in [7, 11) is 1.63. The molecule has 1 aromatic heterocycles. The Kier molecular flexibility index (Phi) is 4.77. The summed E-state index contributed by atoms with van der Waals surface area (Å²) < 4.78 is 5.95. The zero-order chi connectivity index (χ0) is 15.2. The van der Waals surface area contributed by atoms with Crippen molar-refractivity contribution in [3.8, 4) is 5.75 Å². The molecule has 0 bridgehead atoms. The fourth-order valence-corrected chi connectivity index (χ4v) is 2.08. The van der Waals surface area contributed by atoms with Crippen LogP contribution in [0.2, 0.25) is 0 Å². The molecule has 0 radical (unpaired) electrons. The molecule has 2 rings (SSSR count). The number of hydrogen-bond donors (Lipinski definition) is 1. The van der Waals surface area contributed by atoms with Gasteiger partial charge < -0.3 is 15.3 Å². The van der Waals surface area contributed by atoms with Crippen molar-refractivity contribution >= 4 is 5.91 Å². The first-order valence-electron chi connectivity index (χ1n) is 6.70. The normalized spacial score (nSPS) is 10.2. The third-order valence-electron chi connectivity index (χ3n) is 3.18. The average Bonchev–Trinajstić information content (AvgIpc) is 2.48. The van der Waals surface area contributed by atoms with E-state index in [0.717, 1.165) is 16.9 Å². The molecule has 1 amide bonds. The van der Waals surface area contributed by atoms with E-state index in [1.54, 1.807) is 7.11 Å². The second-order valence-electron chi connectivity index (χ2n) is 4.77. The molecule has 1 aromatic carbocycles. The molecule has 1 N–H and O–H groups in total. The van der Waals surface area contributed by atoms with Crippen molar-refractivity contribution in [2.75, 3.05) is 13.7 Å². The molecule has 0 atom stereocenters. The van der Waals surface area contributed by atoms with E-state index >= 15 is 0 Å². The number of carbonyl (C=O) groups is 1. The highest BCUT2D eigenvalue weighted by Crippen LogP contribution is 2.19. The van der Waals surface area contributed by atoms with E-state index < -0.39 is 0 Å². The van der Waals surface area contributed by atoms with Crippen LogP contribution in [0.5, 0.6) is 5.75 Å². The SMILES string of the molecule is COc1ccc(C)cc1CCNC(=O)c1cc[n+]([O-])cc1. The Bertz CT molecular complexity index is 624. The number of nitrogens with zero attached hydrogens (tertiary/aromatic N) is 1. The lowest BCUT2D eigenvalue weighted by atomic mass is 10.1. The first kappa shape index (κ1) is 14.8. The first-order valence-corrected chi connectivity index (χ1v) is 6.70. The highest BCUT2D eigenvalue weighted by molar-refractivity contribution is 5.93. The molecule has 2 aromatic rings. The number of nitrogens with one attached hydrogen (secondary N) is 1. The van der Waals surface area contributed by atoms with Crippen molar-refractivity contribution in [1.82, 2.24) is 5.32 Å². The van der Waals surface area contributed by atoms with Crippen LogP contribution in [0.4, 0.5) is 0 Å². The Labute approximate surface area is 123 Å². The van der Waals surface area contributed by atoms with Gasteiger partial charge in [0.2, 0.25) is 0 Å². The molecule has 0 aliphatic heterocycles.